The Kier molecular flexibility index (Phi) is 19.0. The van der Waals surface area contributed by atoms with Gasteiger partial charge in [-0.25, -0.2) is 0 Å². The highest BCUT2D eigenvalue weighted by molar-refractivity contribution is 6.15. The van der Waals surface area contributed by atoms with Crippen molar-refractivity contribution in [2.45, 2.75) is 11.8 Å². The van der Waals surface area contributed by atoms with E-state index in [0.717, 1.165) is 39.8 Å². The molecule has 7 nitrogen and oxygen atoms in total. The van der Waals surface area contributed by atoms with Crippen molar-refractivity contribution >= 4 is 148 Å². The first-order valence-corrected chi connectivity index (χ1v) is 48.8. The van der Waals surface area contributed by atoms with E-state index in [-0.39, 0.29) is 11.8 Å². The van der Waals surface area contributed by atoms with Crippen LogP contribution in [0.2, 0.25) is 0 Å². The minimum Gasteiger partial charge on any atom is -0.311 e. The van der Waals surface area contributed by atoms with Gasteiger partial charge in [0.1, 0.15) is 0 Å². The van der Waals surface area contributed by atoms with E-state index in [1.807, 2.05) is 0 Å². The van der Waals surface area contributed by atoms with E-state index in [1.54, 1.807) is 0 Å². The molecule has 0 N–H and O–H groups in total. The van der Waals surface area contributed by atoms with Crippen LogP contribution in [0.25, 0.3) is 198 Å². The minimum atomic E-state index is 0.205. The number of aromatic nitrogens is 6. The number of para-hydroxylation sites is 12. The second kappa shape index (κ2) is 33.2. The molecule has 0 bridgehead atoms. The van der Waals surface area contributed by atoms with Crippen molar-refractivity contribution < 1.29 is 0 Å². The van der Waals surface area contributed by atoms with E-state index in [1.165, 1.54) is 209 Å². The third kappa shape index (κ3) is 13.1. The van der Waals surface area contributed by atoms with Gasteiger partial charge in [0.15, 0.2) is 0 Å². The second-order valence-corrected chi connectivity index (χ2v) is 37.3. The Balaban J connectivity index is 0.000000106. The fourth-order valence-corrected chi connectivity index (χ4v) is 23.7. The maximum absolute atomic E-state index is 2.43. The molecule has 28 aromatic rings. The first kappa shape index (κ1) is 80.9. The number of fused-ring (bicyclic) bond motifs is 24. The first-order valence-electron chi connectivity index (χ1n) is 48.8. The molecule has 141 heavy (non-hydrogen) atoms. The van der Waals surface area contributed by atoms with Crippen LogP contribution in [0.3, 0.4) is 0 Å². The van der Waals surface area contributed by atoms with E-state index in [9.17, 15) is 0 Å². The molecule has 0 fully saturated rings. The lowest BCUT2D eigenvalue weighted by Crippen LogP contribution is -2.11. The van der Waals surface area contributed by atoms with Crippen LogP contribution >= 0.6 is 0 Å². The first-order chi connectivity index (χ1) is 70.0. The highest BCUT2D eigenvalue weighted by atomic mass is 15.1. The molecule has 0 saturated carbocycles. The lowest BCUT2D eigenvalue weighted by molar-refractivity contribution is 1.01. The van der Waals surface area contributed by atoms with E-state index >= 15 is 0 Å². The van der Waals surface area contributed by atoms with Crippen molar-refractivity contribution in [3.05, 3.63) is 561 Å². The summed E-state index contributed by atoms with van der Waals surface area (Å²) in [4.78, 5) is 2.40. The van der Waals surface area contributed by atoms with Gasteiger partial charge < -0.3 is 32.3 Å². The summed E-state index contributed by atoms with van der Waals surface area (Å²) in [6.07, 6.45) is 0. The van der Waals surface area contributed by atoms with Crippen LogP contribution in [-0.2, 0) is 0 Å². The fourth-order valence-electron chi connectivity index (χ4n) is 23.7. The van der Waals surface area contributed by atoms with E-state index in [4.69, 9.17) is 0 Å². The molecule has 0 atom stereocenters. The SMILES string of the molecule is c1cc(-c2cccc(-n3c4ccccc4c4ccccc43)c2)cc(-n2c3ccccc3c3ccccc32)c1.c1ccc2c(c1)-c1ccccc1C2c1ccc(N(c2ccc(C3c4ccccc4-c4ccccc43)cc2)c2ccc(-n3c4ccccc4c4ccccc43)cc2)cc1.c1ccc2c(c1)c1ccccc1n2-c1cc(-n2c3ccccc3c3ccccc32)cc(-n2c3ccccc3c3ccccc32)c1. The molecule has 660 valence electrons. The maximum atomic E-state index is 2.43. The third-order valence-electron chi connectivity index (χ3n) is 29.7. The molecule has 6 aromatic heterocycles. The van der Waals surface area contributed by atoms with Crippen molar-refractivity contribution in [3.8, 4) is 67.5 Å². The molecular formula is C134H89N7. The zero-order valence-electron chi connectivity index (χ0n) is 77.0. The number of benzene rings is 22. The molecule has 7 heteroatoms. The Hall–Kier alpha value is -18.6. The molecule has 0 saturated heterocycles. The van der Waals surface area contributed by atoms with E-state index in [2.05, 4.69) is 560 Å². The lowest BCUT2D eigenvalue weighted by Gasteiger charge is -2.27. The summed E-state index contributed by atoms with van der Waals surface area (Å²) in [5.74, 6) is 0.411. The van der Waals surface area contributed by atoms with Crippen molar-refractivity contribution in [2.75, 3.05) is 4.90 Å². The predicted octanol–water partition coefficient (Wildman–Crippen LogP) is 35.1. The molecule has 0 aliphatic heterocycles. The molecule has 0 unspecified atom stereocenters. The average Bonchev–Trinajstić information content (AvgIpc) is 1.60. The summed E-state index contributed by atoms with van der Waals surface area (Å²) in [6.45, 7) is 0. The van der Waals surface area contributed by atoms with Crippen LogP contribution in [0.1, 0.15) is 45.2 Å². The molecule has 0 amide bonds. The van der Waals surface area contributed by atoms with Crippen LogP contribution in [0.5, 0.6) is 0 Å². The standard InChI is InChI=1S/C56H38N2.C42H27N3.C36H24N2/c1-5-19-49-43(13-1)44-14-2-6-20-50(44)55(49)37-25-29-39(30-26-37)57(40-31-27-38(28-32-40)56-51-21-7-3-15-45(51)46-16-4-8-22-52(46)56)41-33-35-42(36-34-41)58-53-23-11-9-17-47(53)48-18-10-12-24-54(48)58;1-7-19-37-31(13-1)32-14-2-8-20-38(32)43(37)28-25-29(44-39-21-9-3-15-33(39)34-16-4-10-22-40(34)44)27-30(26-28)45-41-23-11-5-17-35(41)36-18-6-12-24-42(36)45;1-5-19-33-29(15-1)30-16-2-6-20-34(30)37(33)27-13-9-11-25(23-27)26-12-10-14-28(24-26)38-35-21-7-3-17-31(35)32-18-4-8-22-36(32)38/h1-36,55-56H;1-27H;1-24H. The van der Waals surface area contributed by atoms with E-state index in [0.29, 0.717) is 0 Å². The zero-order chi connectivity index (χ0) is 92.7. The Labute approximate surface area is 814 Å². The number of rotatable bonds is 12. The second-order valence-electron chi connectivity index (χ2n) is 37.3. The summed E-state index contributed by atoms with van der Waals surface area (Å²) >= 11 is 0. The van der Waals surface area contributed by atoms with Gasteiger partial charge in [-0.15, -0.1) is 0 Å². The molecule has 30 rings (SSSR count). The lowest BCUT2D eigenvalue weighted by atomic mass is 9.89. The number of hydrogen-bond acceptors (Lipinski definition) is 1. The summed E-state index contributed by atoms with van der Waals surface area (Å²) in [7, 11) is 0. The average molecular weight is 1800 g/mol. The van der Waals surface area contributed by atoms with Gasteiger partial charge in [-0.05, 0) is 231 Å². The summed E-state index contributed by atoms with van der Waals surface area (Å²) in [5, 5.41) is 15.2. The highest BCUT2D eigenvalue weighted by Gasteiger charge is 2.33. The molecule has 2 aliphatic carbocycles. The number of hydrogen-bond donors (Lipinski definition) is 0. The zero-order valence-corrected chi connectivity index (χ0v) is 77.0. The monoisotopic (exact) mass is 1800 g/mol. The van der Waals surface area contributed by atoms with Gasteiger partial charge >= 0.3 is 0 Å². The number of anilines is 3. The van der Waals surface area contributed by atoms with Crippen LogP contribution < -0.4 is 4.90 Å². The van der Waals surface area contributed by atoms with Gasteiger partial charge in [-0.3, -0.25) is 0 Å². The van der Waals surface area contributed by atoms with Crippen LogP contribution in [0.4, 0.5) is 17.1 Å². The van der Waals surface area contributed by atoms with Gasteiger partial charge in [0.2, 0.25) is 0 Å². The summed E-state index contributed by atoms with van der Waals surface area (Å²) < 4.78 is 14.4. The third-order valence-corrected chi connectivity index (χ3v) is 29.7. The van der Waals surface area contributed by atoms with Gasteiger partial charge in [0.25, 0.3) is 0 Å². The molecule has 6 heterocycles. The summed E-state index contributed by atoms with van der Waals surface area (Å²) in [6, 6.07) is 193. The fraction of sp³-hybridized carbons (Fsp3) is 0.0149. The number of nitrogens with zero attached hydrogens (tertiary/aromatic N) is 7. The molecule has 2 aliphatic rings. The van der Waals surface area contributed by atoms with Gasteiger partial charge in [-0.2, -0.15) is 0 Å². The van der Waals surface area contributed by atoms with Crippen molar-refractivity contribution in [1.29, 1.82) is 0 Å². The van der Waals surface area contributed by atoms with Gasteiger partial charge in [-0.1, -0.05) is 364 Å². The Morgan fingerprint density at radius 3 is 0.546 bits per heavy atom. The largest absolute Gasteiger partial charge is 0.311 e. The highest BCUT2D eigenvalue weighted by Crippen LogP contribution is 2.52. The Bertz CT molecular complexity index is 8840. The normalized spacial score (nSPS) is 12.3. The van der Waals surface area contributed by atoms with Crippen molar-refractivity contribution in [3.63, 3.8) is 0 Å². The van der Waals surface area contributed by atoms with Crippen molar-refractivity contribution in [2.24, 2.45) is 0 Å². The molecular weight excluding hydrogens is 1710 g/mol. The molecule has 22 aromatic carbocycles. The predicted molar refractivity (Wildman–Crippen MR) is 591 cm³/mol. The van der Waals surface area contributed by atoms with Gasteiger partial charge in [0, 0.05) is 111 Å². The van der Waals surface area contributed by atoms with Crippen LogP contribution in [0.15, 0.2) is 528 Å². The minimum absolute atomic E-state index is 0.205. The molecule has 0 radical (unpaired) electrons. The Morgan fingerprint density at radius 1 is 0.135 bits per heavy atom. The van der Waals surface area contributed by atoms with Crippen LogP contribution in [0, 0.1) is 0 Å². The maximum Gasteiger partial charge on any atom is 0.0541 e. The smallest absolute Gasteiger partial charge is 0.0541 e. The quantitative estimate of drug-likeness (QED) is 0.120. The Morgan fingerprint density at radius 2 is 0.319 bits per heavy atom. The van der Waals surface area contributed by atoms with Crippen molar-refractivity contribution in [1.82, 2.24) is 27.4 Å². The summed E-state index contributed by atoms with van der Waals surface area (Å²) in [5.41, 5.74) is 40.6. The van der Waals surface area contributed by atoms with Gasteiger partial charge in [0.05, 0.1) is 83.3 Å². The van der Waals surface area contributed by atoms with E-state index < -0.39 is 0 Å². The topological polar surface area (TPSA) is 32.8 Å². The molecule has 0 spiro atoms. The van der Waals surface area contributed by atoms with Crippen LogP contribution in [-0.4, -0.2) is 27.4 Å².